The summed E-state index contributed by atoms with van der Waals surface area (Å²) in [4.78, 5) is 30.5. The first-order valence-electron chi connectivity index (χ1n) is 10.5. The van der Waals surface area contributed by atoms with E-state index in [0.29, 0.717) is 12.1 Å². The lowest BCUT2D eigenvalue weighted by molar-refractivity contribution is -0.141. The molecule has 2 aromatic heterocycles. The minimum Gasteiger partial charge on any atom is -0.351 e. The molecule has 1 fully saturated rings. The van der Waals surface area contributed by atoms with Gasteiger partial charge in [0.25, 0.3) is 0 Å². The second-order valence-corrected chi connectivity index (χ2v) is 9.87. The summed E-state index contributed by atoms with van der Waals surface area (Å²) in [6.07, 6.45) is 4.34. The Morgan fingerprint density at radius 2 is 1.65 bits per heavy atom. The number of halogens is 1. The van der Waals surface area contributed by atoms with Crippen LogP contribution in [-0.4, -0.2) is 22.8 Å². The van der Waals surface area contributed by atoms with Gasteiger partial charge in [0, 0.05) is 15.8 Å². The Balaban J connectivity index is 1.67. The molecular formula is C24H25FN2O2S2. The standard InChI is InChI=1S/C24H25FN2O2S2/c25-18-11-9-17(10-12-18)23(24(29)26-19-5-1-2-6-19)27(16-21-8-4-14-31-21)22(28)15-20-7-3-13-30-20/h3-4,7-14,19,23H,1-2,5-6,15-16H2,(H,26,29)/t23-/m0/s1. The fraction of sp³-hybridized carbons (Fsp3) is 0.333. The van der Waals surface area contributed by atoms with Crippen molar-refractivity contribution >= 4 is 34.5 Å². The van der Waals surface area contributed by atoms with Crippen molar-refractivity contribution in [1.82, 2.24) is 10.2 Å². The molecule has 7 heteroatoms. The lowest BCUT2D eigenvalue weighted by Gasteiger charge is -2.32. The highest BCUT2D eigenvalue weighted by Gasteiger charge is 2.33. The maximum atomic E-state index is 13.6. The Labute approximate surface area is 189 Å². The second kappa shape index (κ2) is 10.2. The molecule has 1 aliphatic rings. The van der Waals surface area contributed by atoms with Crippen LogP contribution in [0.25, 0.3) is 0 Å². The van der Waals surface area contributed by atoms with E-state index in [1.165, 1.54) is 23.5 Å². The summed E-state index contributed by atoms with van der Waals surface area (Å²) < 4.78 is 13.6. The molecule has 162 valence electrons. The molecule has 3 aromatic rings. The third-order valence-electron chi connectivity index (χ3n) is 5.58. The highest BCUT2D eigenvalue weighted by atomic mass is 32.1. The topological polar surface area (TPSA) is 49.4 Å². The van der Waals surface area contributed by atoms with Gasteiger partial charge in [-0.15, -0.1) is 22.7 Å². The van der Waals surface area contributed by atoms with Crippen LogP contribution in [0.2, 0.25) is 0 Å². The predicted octanol–water partition coefficient (Wildman–Crippen LogP) is 5.32. The number of hydrogen-bond donors (Lipinski definition) is 1. The summed E-state index contributed by atoms with van der Waals surface area (Å²) in [6.45, 7) is 0.335. The van der Waals surface area contributed by atoms with Gasteiger partial charge >= 0.3 is 0 Å². The minimum absolute atomic E-state index is 0.119. The number of hydrogen-bond acceptors (Lipinski definition) is 4. The normalized spacial score (nSPS) is 15.0. The van der Waals surface area contributed by atoms with Crippen molar-refractivity contribution in [3.05, 3.63) is 80.4 Å². The van der Waals surface area contributed by atoms with Gasteiger partial charge in [0.15, 0.2) is 0 Å². The van der Waals surface area contributed by atoms with Gasteiger partial charge in [0.05, 0.1) is 13.0 Å². The van der Waals surface area contributed by atoms with Crippen molar-refractivity contribution in [2.24, 2.45) is 0 Å². The summed E-state index contributed by atoms with van der Waals surface area (Å²) >= 11 is 3.08. The van der Waals surface area contributed by atoms with Gasteiger partial charge in [-0.1, -0.05) is 37.1 Å². The number of nitrogens with zero attached hydrogens (tertiary/aromatic N) is 1. The van der Waals surface area contributed by atoms with Crippen molar-refractivity contribution < 1.29 is 14.0 Å². The van der Waals surface area contributed by atoms with Gasteiger partial charge in [-0.3, -0.25) is 9.59 Å². The Morgan fingerprint density at radius 1 is 1.00 bits per heavy atom. The van der Waals surface area contributed by atoms with E-state index < -0.39 is 6.04 Å². The third kappa shape index (κ3) is 5.60. The van der Waals surface area contributed by atoms with E-state index in [1.807, 2.05) is 35.0 Å². The average molecular weight is 457 g/mol. The summed E-state index contributed by atoms with van der Waals surface area (Å²) in [6, 6.07) is 13.0. The first-order chi connectivity index (χ1) is 15.1. The zero-order valence-corrected chi connectivity index (χ0v) is 18.8. The number of benzene rings is 1. The fourth-order valence-corrected chi connectivity index (χ4v) is 5.42. The van der Waals surface area contributed by atoms with Gasteiger partial charge in [-0.05, 0) is 53.4 Å². The molecule has 1 atom stereocenters. The second-order valence-electron chi connectivity index (χ2n) is 7.80. The van der Waals surface area contributed by atoms with Gasteiger partial charge in [0.1, 0.15) is 11.9 Å². The van der Waals surface area contributed by atoms with E-state index in [9.17, 15) is 14.0 Å². The largest absolute Gasteiger partial charge is 0.351 e. The lowest BCUT2D eigenvalue weighted by Crippen LogP contribution is -2.46. The van der Waals surface area contributed by atoms with Crippen LogP contribution in [0.3, 0.4) is 0 Å². The summed E-state index contributed by atoms with van der Waals surface area (Å²) in [7, 11) is 0. The van der Waals surface area contributed by atoms with Crippen LogP contribution in [0.4, 0.5) is 4.39 Å². The van der Waals surface area contributed by atoms with Crippen LogP contribution < -0.4 is 5.32 Å². The molecule has 4 rings (SSSR count). The summed E-state index contributed by atoms with van der Waals surface area (Å²) in [5, 5.41) is 7.05. The van der Waals surface area contributed by atoms with Crippen LogP contribution in [0.15, 0.2) is 59.3 Å². The first-order valence-corrected chi connectivity index (χ1v) is 12.3. The highest BCUT2D eigenvalue weighted by Crippen LogP contribution is 2.28. The van der Waals surface area contributed by atoms with Crippen molar-refractivity contribution in [3.8, 4) is 0 Å². The van der Waals surface area contributed by atoms with Crippen molar-refractivity contribution in [2.45, 2.75) is 50.7 Å². The van der Waals surface area contributed by atoms with E-state index in [1.54, 1.807) is 28.4 Å². The molecule has 2 heterocycles. The molecule has 31 heavy (non-hydrogen) atoms. The zero-order valence-electron chi connectivity index (χ0n) is 17.1. The van der Waals surface area contributed by atoms with Crippen molar-refractivity contribution in [2.75, 3.05) is 0 Å². The maximum Gasteiger partial charge on any atom is 0.247 e. The van der Waals surface area contributed by atoms with Crippen LogP contribution in [-0.2, 0) is 22.6 Å². The Kier molecular flexibility index (Phi) is 7.14. The van der Waals surface area contributed by atoms with Gasteiger partial charge < -0.3 is 10.2 Å². The predicted molar refractivity (Wildman–Crippen MR) is 122 cm³/mol. The molecule has 0 spiro atoms. The molecule has 2 amide bonds. The van der Waals surface area contributed by atoms with Gasteiger partial charge in [0.2, 0.25) is 11.8 Å². The smallest absolute Gasteiger partial charge is 0.247 e. The molecule has 0 unspecified atom stereocenters. The number of carbonyl (C=O) groups is 2. The molecule has 0 saturated heterocycles. The lowest BCUT2D eigenvalue weighted by atomic mass is 10.0. The number of nitrogens with one attached hydrogen (secondary N) is 1. The van der Waals surface area contributed by atoms with Gasteiger partial charge in [-0.25, -0.2) is 4.39 Å². The molecule has 1 saturated carbocycles. The van der Waals surface area contributed by atoms with Crippen LogP contribution in [0.1, 0.15) is 47.0 Å². The summed E-state index contributed by atoms with van der Waals surface area (Å²) in [5.41, 5.74) is 0.619. The van der Waals surface area contributed by atoms with Crippen molar-refractivity contribution in [3.63, 3.8) is 0 Å². The molecular weight excluding hydrogens is 431 g/mol. The summed E-state index contributed by atoms with van der Waals surface area (Å²) in [5.74, 6) is -0.685. The monoisotopic (exact) mass is 456 g/mol. The molecule has 0 bridgehead atoms. The average Bonchev–Trinajstić information content (AvgIpc) is 3.53. The Hall–Kier alpha value is -2.51. The molecule has 4 nitrogen and oxygen atoms in total. The maximum absolute atomic E-state index is 13.6. The number of amides is 2. The van der Waals surface area contributed by atoms with Gasteiger partial charge in [-0.2, -0.15) is 0 Å². The van der Waals surface area contributed by atoms with E-state index in [2.05, 4.69) is 5.32 Å². The molecule has 0 radical (unpaired) electrons. The fourth-order valence-electron chi connectivity index (χ4n) is 4.03. The Morgan fingerprint density at radius 3 is 2.26 bits per heavy atom. The molecule has 0 aliphatic heterocycles. The molecule has 1 aliphatic carbocycles. The Bertz CT molecular complexity index is 981. The van der Waals surface area contributed by atoms with Crippen LogP contribution in [0, 0.1) is 5.82 Å². The first kappa shape index (κ1) is 21.7. The van der Waals surface area contributed by atoms with E-state index in [0.717, 1.165) is 35.4 Å². The number of carbonyl (C=O) groups excluding carboxylic acids is 2. The van der Waals surface area contributed by atoms with Crippen LogP contribution >= 0.6 is 22.7 Å². The SMILES string of the molecule is O=C(NC1CCCC1)[C@H](c1ccc(F)cc1)N(Cc1cccs1)C(=O)Cc1cccs1. The molecule has 1 N–H and O–H groups in total. The van der Waals surface area contributed by atoms with E-state index in [-0.39, 0.29) is 30.1 Å². The molecule has 1 aromatic carbocycles. The van der Waals surface area contributed by atoms with E-state index >= 15 is 0 Å². The quantitative estimate of drug-likeness (QED) is 0.499. The van der Waals surface area contributed by atoms with Crippen molar-refractivity contribution in [1.29, 1.82) is 0 Å². The van der Waals surface area contributed by atoms with Crippen LogP contribution in [0.5, 0.6) is 0 Å². The highest BCUT2D eigenvalue weighted by molar-refractivity contribution is 7.10. The zero-order chi connectivity index (χ0) is 21.6. The number of rotatable bonds is 8. The number of thiophene rings is 2. The minimum atomic E-state index is -0.809. The third-order valence-corrected chi connectivity index (χ3v) is 7.32. The van der Waals surface area contributed by atoms with E-state index in [4.69, 9.17) is 0 Å².